The first-order chi connectivity index (χ1) is 4.77. The topological polar surface area (TPSA) is 0 Å². The molecule has 0 aromatic heterocycles. The maximum Gasteiger partial charge on any atom is 0.0367 e. The summed E-state index contributed by atoms with van der Waals surface area (Å²) in [5.41, 5.74) is 0. The Labute approximate surface area is 71.9 Å². The summed E-state index contributed by atoms with van der Waals surface area (Å²) in [4.78, 5) is 0. The fourth-order valence-corrected chi connectivity index (χ4v) is 2.87. The van der Waals surface area contributed by atoms with E-state index in [-0.39, 0.29) is 0 Å². The Balaban J connectivity index is 1.79. The lowest BCUT2D eigenvalue weighted by Crippen LogP contribution is -2.40. The molecule has 0 aromatic rings. The molecule has 2 aliphatic rings. The van der Waals surface area contributed by atoms with Crippen LogP contribution in [0.25, 0.3) is 0 Å². The molecule has 2 rings (SSSR count). The third kappa shape index (κ3) is 1.06. The van der Waals surface area contributed by atoms with E-state index in [0.717, 1.165) is 11.8 Å². The van der Waals surface area contributed by atoms with Crippen molar-refractivity contribution in [1.29, 1.82) is 0 Å². The van der Waals surface area contributed by atoms with Crippen molar-refractivity contribution in [2.75, 3.05) is 0 Å². The van der Waals surface area contributed by atoms with Crippen LogP contribution >= 0.6 is 23.2 Å². The Morgan fingerprint density at radius 2 is 1.70 bits per heavy atom. The van der Waals surface area contributed by atoms with Crippen molar-refractivity contribution in [3.05, 3.63) is 0 Å². The van der Waals surface area contributed by atoms with E-state index in [4.69, 9.17) is 23.2 Å². The third-order valence-corrected chi connectivity index (χ3v) is 3.86. The SMILES string of the molecule is ClC1CC(C2CCC2Cl)C1. The second-order valence-corrected chi connectivity index (χ2v) is 4.76. The molecule has 2 aliphatic carbocycles. The predicted molar refractivity (Wildman–Crippen MR) is 44.7 cm³/mol. The molecule has 0 heterocycles. The highest BCUT2D eigenvalue weighted by Crippen LogP contribution is 2.47. The lowest BCUT2D eigenvalue weighted by molar-refractivity contribution is 0.138. The molecule has 2 fully saturated rings. The largest absolute Gasteiger partial charge is 0.123 e. The van der Waals surface area contributed by atoms with Gasteiger partial charge in [-0.25, -0.2) is 0 Å². The zero-order chi connectivity index (χ0) is 7.14. The number of hydrogen-bond acceptors (Lipinski definition) is 0. The first-order valence-corrected chi connectivity index (χ1v) is 4.93. The van der Waals surface area contributed by atoms with Crippen LogP contribution in [0.5, 0.6) is 0 Å². The molecule has 0 spiro atoms. The van der Waals surface area contributed by atoms with Crippen LogP contribution in [0.2, 0.25) is 0 Å². The molecule has 10 heavy (non-hydrogen) atoms. The molecule has 0 bridgehead atoms. The summed E-state index contributed by atoms with van der Waals surface area (Å²) in [7, 11) is 0. The molecule has 2 heteroatoms. The van der Waals surface area contributed by atoms with Crippen LogP contribution in [0.1, 0.15) is 25.7 Å². The van der Waals surface area contributed by atoms with Gasteiger partial charge in [-0.2, -0.15) is 0 Å². The number of hydrogen-bond donors (Lipinski definition) is 0. The fraction of sp³-hybridized carbons (Fsp3) is 1.00. The van der Waals surface area contributed by atoms with E-state index >= 15 is 0 Å². The van der Waals surface area contributed by atoms with Gasteiger partial charge in [-0.3, -0.25) is 0 Å². The van der Waals surface area contributed by atoms with Gasteiger partial charge in [-0.05, 0) is 37.5 Å². The van der Waals surface area contributed by atoms with Gasteiger partial charge in [0.2, 0.25) is 0 Å². The van der Waals surface area contributed by atoms with Gasteiger partial charge in [-0.15, -0.1) is 23.2 Å². The lowest BCUT2D eigenvalue weighted by atomic mass is 9.66. The third-order valence-electron chi connectivity index (χ3n) is 2.96. The van der Waals surface area contributed by atoms with Crippen molar-refractivity contribution >= 4 is 23.2 Å². The summed E-state index contributed by atoms with van der Waals surface area (Å²) < 4.78 is 0. The Bertz CT molecular complexity index is 129. The van der Waals surface area contributed by atoms with Crippen LogP contribution in [-0.4, -0.2) is 10.8 Å². The first-order valence-electron chi connectivity index (χ1n) is 4.05. The van der Waals surface area contributed by atoms with E-state index in [0.29, 0.717) is 10.8 Å². The van der Waals surface area contributed by atoms with Gasteiger partial charge >= 0.3 is 0 Å². The minimum absolute atomic E-state index is 0.467. The summed E-state index contributed by atoms with van der Waals surface area (Å²) in [6.07, 6.45) is 5.02. The summed E-state index contributed by atoms with van der Waals surface area (Å²) >= 11 is 11.9. The Morgan fingerprint density at radius 1 is 1.00 bits per heavy atom. The zero-order valence-electron chi connectivity index (χ0n) is 5.89. The van der Waals surface area contributed by atoms with Crippen LogP contribution in [0.15, 0.2) is 0 Å². The van der Waals surface area contributed by atoms with E-state index < -0.39 is 0 Å². The van der Waals surface area contributed by atoms with Crippen LogP contribution < -0.4 is 0 Å². The normalized spacial score (nSPS) is 53.4. The summed E-state index contributed by atoms with van der Waals surface area (Å²) in [6, 6.07) is 0. The minimum atomic E-state index is 0.467. The van der Waals surface area contributed by atoms with Gasteiger partial charge in [0.15, 0.2) is 0 Å². The van der Waals surface area contributed by atoms with E-state index in [1.54, 1.807) is 0 Å². The number of alkyl halides is 2. The number of halogens is 2. The molecule has 0 aliphatic heterocycles. The van der Waals surface area contributed by atoms with Crippen molar-refractivity contribution in [2.24, 2.45) is 11.8 Å². The molecular formula is C8H12Cl2. The number of rotatable bonds is 1. The summed E-state index contributed by atoms with van der Waals surface area (Å²) in [5, 5.41) is 0.948. The van der Waals surface area contributed by atoms with E-state index in [2.05, 4.69) is 0 Å². The van der Waals surface area contributed by atoms with Crippen molar-refractivity contribution < 1.29 is 0 Å². The van der Waals surface area contributed by atoms with E-state index in [1.165, 1.54) is 25.7 Å². The van der Waals surface area contributed by atoms with Crippen LogP contribution in [0.4, 0.5) is 0 Å². The van der Waals surface area contributed by atoms with Crippen LogP contribution in [0.3, 0.4) is 0 Å². The molecule has 0 amide bonds. The monoisotopic (exact) mass is 178 g/mol. The van der Waals surface area contributed by atoms with Crippen molar-refractivity contribution in [1.82, 2.24) is 0 Å². The molecule has 0 radical (unpaired) electrons. The Kier molecular flexibility index (Phi) is 1.86. The molecule has 2 atom stereocenters. The maximum absolute atomic E-state index is 6.03. The predicted octanol–water partition coefficient (Wildman–Crippen LogP) is 3.02. The molecule has 0 saturated heterocycles. The van der Waals surface area contributed by atoms with Gasteiger partial charge < -0.3 is 0 Å². The smallest absolute Gasteiger partial charge is 0.0367 e. The highest BCUT2D eigenvalue weighted by molar-refractivity contribution is 6.22. The highest BCUT2D eigenvalue weighted by atomic mass is 35.5. The highest BCUT2D eigenvalue weighted by Gasteiger charge is 2.41. The maximum atomic E-state index is 6.03. The average Bonchev–Trinajstić information content (AvgIpc) is 1.82. The van der Waals surface area contributed by atoms with Gasteiger partial charge in [0.1, 0.15) is 0 Å². The standard InChI is InChI=1S/C8H12Cl2/c9-6-3-5(4-6)7-1-2-8(7)10/h5-8H,1-4H2. The molecule has 0 nitrogen and oxygen atoms in total. The molecule has 2 saturated carbocycles. The van der Waals surface area contributed by atoms with Gasteiger partial charge in [0.05, 0.1) is 0 Å². The lowest BCUT2D eigenvalue weighted by Gasteiger charge is -2.45. The first kappa shape index (κ1) is 7.24. The van der Waals surface area contributed by atoms with Crippen LogP contribution in [-0.2, 0) is 0 Å². The average molecular weight is 179 g/mol. The van der Waals surface area contributed by atoms with Crippen molar-refractivity contribution in [3.63, 3.8) is 0 Å². The van der Waals surface area contributed by atoms with E-state index in [9.17, 15) is 0 Å². The van der Waals surface area contributed by atoms with Crippen molar-refractivity contribution in [2.45, 2.75) is 36.4 Å². The van der Waals surface area contributed by atoms with Gasteiger partial charge in [-0.1, -0.05) is 0 Å². The Hall–Kier alpha value is 0.580. The molecule has 58 valence electrons. The van der Waals surface area contributed by atoms with E-state index in [1.807, 2.05) is 0 Å². The van der Waals surface area contributed by atoms with Gasteiger partial charge in [0, 0.05) is 10.8 Å². The second-order valence-electron chi connectivity index (χ2n) is 3.59. The molecule has 2 unspecified atom stereocenters. The fourth-order valence-electron chi connectivity index (χ4n) is 1.95. The summed E-state index contributed by atoms with van der Waals surface area (Å²) in [5.74, 6) is 1.69. The molecule has 0 aromatic carbocycles. The minimum Gasteiger partial charge on any atom is -0.123 e. The summed E-state index contributed by atoms with van der Waals surface area (Å²) in [6.45, 7) is 0. The molecule has 0 N–H and O–H groups in total. The quantitative estimate of drug-likeness (QED) is 0.542. The molecular weight excluding hydrogens is 167 g/mol. The second kappa shape index (κ2) is 2.57. The Morgan fingerprint density at radius 3 is 2.00 bits per heavy atom. The van der Waals surface area contributed by atoms with Crippen LogP contribution in [0, 0.1) is 11.8 Å². The van der Waals surface area contributed by atoms with Gasteiger partial charge in [0.25, 0.3) is 0 Å². The van der Waals surface area contributed by atoms with Crippen molar-refractivity contribution in [3.8, 4) is 0 Å². The zero-order valence-corrected chi connectivity index (χ0v) is 7.41.